The lowest BCUT2D eigenvalue weighted by Crippen LogP contribution is -2.43. The number of phenols is 1. The molecule has 3 rings (SSSR count). The zero-order chi connectivity index (χ0) is 22.1. The second-order valence-electron chi connectivity index (χ2n) is 6.39. The van der Waals surface area contributed by atoms with E-state index in [0.29, 0.717) is 5.69 Å². The fourth-order valence-electron chi connectivity index (χ4n) is 2.80. The summed E-state index contributed by atoms with van der Waals surface area (Å²) in [4.78, 5) is 11.6. The molecular weight excluding hydrogens is 477 g/mol. The second-order valence-corrected chi connectivity index (χ2v) is 11.4. The van der Waals surface area contributed by atoms with Crippen molar-refractivity contribution in [1.29, 1.82) is 0 Å². The van der Waals surface area contributed by atoms with Crippen LogP contribution in [0.3, 0.4) is 0 Å². The van der Waals surface area contributed by atoms with Crippen LogP contribution in [0.5, 0.6) is 5.75 Å². The van der Waals surface area contributed by atoms with Gasteiger partial charge in [0, 0.05) is 13.1 Å². The van der Waals surface area contributed by atoms with Crippen LogP contribution in [-0.4, -0.2) is 56.9 Å². The Morgan fingerprint density at radius 1 is 0.967 bits per heavy atom. The van der Waals surface area contributed by atoms with E-state index in [-0.39, 0.29) is 40.3 Å². The minimum absolute atomic E-state index is 0.202. The summed E-state index contributed by atoms with van der Waals surface area (Å²) in [6.07, 6.45) is 0. The summed E-state index contributed by atoms with van der Waals surface area (Å²) in [5, 5.41) is 15.4. The van der Waals surface area contributed by atoms with Crippen molar-refractivity contribution in [2.24, 2.45) is 0 Å². The van der Waals surface area contributed by atoms with E-state index in [9.17, 15) is 26.7 Å². The van der Waals surface area contributed by atoms with Gasteiger partial charge in [0.1, 0.15) is 4.90 Å². The van der Waals surface area contributed by atoms with Crippen LogP contribution in [0.1, 0.15) is 0 Å². The fraction of sp³-hybridized carbons (Fsp3) is 0.235. The van der Waals surface area contributed by atoms with Gasteiger partial charge in [-0.1, -0.05) is 35.3 Å². The Bertz CT molecular complexity index is 1190. The molecule has 1 aliphatic heterocycles. The Morgan fingerprint density at radius 3 is 2.20 bits per heavy atom. The van der Waals surface area contributed by atoms with Crippen LogP contribution >= 0.6 is 23.2 Å². The van der Waals surface area contributed by atoms with Crippen molar-refractivity contribution in [1.82, 2.24) is 4.31 Å². The number of para-hydroxylation sites is 1. The summed E-state index contributed by atoms with van der Waals surface area (Å²) in [6.45, 7) is -0.518. The first kappa shape index (κ1) is 22.6. The summed E-state index contributed by atoms with van der Waals surface area (Å²) in [5.74, 6) is -1.42. The highest BCUT2D eigenvalue weighted by Crippen LogP contribution is 2.39. The predicted octanol–water partition coefficient (Wildman–Crippen LogP) is 2.76. The number of nitrogens with one attached hydrogen (secondary N) is 2. The smallest absolute Gasteiger partial charge is 0.323 e. The van der Waals surface area contributed by atoms with Crippen molar-refractivity contribution in [3.63, 3.8) is 0 Å². The molecule has 2 aromatic rings. The zero-order valence-corrected chi connectivity index (χ0v) is 18.4. The number of sulfone groups is 1. The second kappa shape index (κ2) is 8.60. The van der Waals surface area contributed by atoms with Crippen molar-refractivity contribution in [3.05, 3.63) is 46.4 Å². The number of urea groups is 1. The van der Waals surface area contributed by atoms with E-state index in [1.54, 1.807) is 24.3 Å². The molecule has 1 saturated heterocycles. The number of hydrogen-bond acceptors (Lipinski definition) is 6. The third-order valence-corrected chi connectivity index (χ3v) is 8.69. The standard InChI is InChI=1S/C17H17Cl2N3O6S2/c18-11-3-1-2-4-13(11)20-17(24)21-14-6-5-12(19)16(15(14)23)30(27,28)22-7-9-29(25,26)10-8-22/h1-6,23H,7-10H2,(H2,20,21,24). The van der Waals surface area contributed by atoms with E-state index in [1.165, 1.54) is 12.1 Å². The number of anilines is 2. The molecule has 30 heavy (non-hydrogen) atoms. The Balaban J connectivity index is 1.86. The Hall–Kier alpha value is -2.05. The van der Waals surface area contributed by atoms with E-state index in [0.717, 1.165) is 4.31 Å². The molecule has 0 spiro atoms. The average Bonchev–Trinajstić information content (AvgIpc) is 2.65. The maximum Gasteiger partial charge on any atom is 0.323 e. The molecule has 0 aliphatic carbocycles. The van der Waals surface area contributed by atoms with Gasteiger partial charge in [-0.25, -0.2) is 21.6 Å². The van der Waals surface area contributed by atoms with Crippen molar-refractivity contribution in [2.75, 3.05) is 35.2 Å². The highest BCUT2D eigenvalue weighted by atomic mass is 35.5. The Kier molecular flexibility index (Phi) is 6.48. The molecule has 2 amide bonds. The monoisotopic (exact) mass is 493 g/mol. The number of sulfonamides is 1. The molecule has 0 unspecified atom stereocenters. The molecule has 0 atom stereocenters. The highest BCUT2D eigenvalue weighted by molar-refractivity contribution is 7.92. The third kappa shape index (κ3) is 4.81. The molecule has 162 valence electrons. The summed E-state index contributed by atoms with van der Waals surface area (Å²) < 4.78 is 50.0. The molecule has 1 fully saturated rings. The fourth-order valence-corrected chi connectivity index (χ4v) is 6.45. The predicted molar refractivity (Wildman–Crippen MR) is 115 cm³/mol. The van der Waals surface area contributed by atoms with Gasteiger partial charge < -0.3 is 15.7 Å². The molecule has 0 bridgehead atoms. The lowest BCUT2D eigenvalue weighted by Gasteiger charge is -2.27. The van der Waals surface area contributed by atoms with Gasteiger partial charge in [0.25, 0.3) is 0 Å². The molecular formula is C17H17Cl2N3O6S2. The Labute approximate surface area is 183 Å². The van der Waals surface area contributed by atoms with Gasteiger partial charge in [0.15, 0.2) is 15.6 Å². The summed E-state index contributed by atoms with van der Waals surface area (Å²) in [5.41, 5.74) is 0.111. The van der Waals surface area contributed by atoms with Crippen molar-refractivity contribution in [3.8, 4) is 5.75 Å². The van der Waals surface area contributed by atoms with E-state index in [4.69, 9.17) is 23.2 Å². The van der Waals surface area contributed by atoms with Gasteiger partial charge >= 0.3 is 6.03 Å². The molecule has 9 nitrogen and oxygen atoms in total. The highest BCUT2D eigenvalue weighted by Gasteiger charge is 2.35. The van der Waals surface area contributed by atoms with Crippen LogP contribution in [0.15, 0.2) is 41.3 Å². The number of carbonyl (C=O) groups excluding carboxylic acids is 1. The van der Waals surface area contributed by atoms with Crippen molar-refractivity contribution >= 4 is 60.5 Å². The third-order valence-electron chi connectivity index (χ3n) is 4.35. The van der Waals surface area contributed by atoms with Crippen LogP contribution in [0.4, 0.5) is 16.2 Å². The Morgan fingerprint density at radius 2 is 1.57 bits per heavy atom. The van der Waals surface area contributed by atoms with Crippen LogP contribution in [-0.2, 0) is 19.9 Å². The van der Waals surface area contributed by atoms with Crippen molar-refractivity contribution < 1.29 is 26.7 Å². The number of amides is 2. The van der Waals surface area contributed by atoms with Gasteiger partial charge in [-0.05, 0) is 24.3 Å². The number of rotatable bonds is 4. The van der Waals surface area contributed by atoms with E-state index >= 15 is 0 Å². The van der Waals surface area contributed by atoms with Crippen molar-refractivity contribution in [2.45, 2.75) is 4.90 Å². The van der Waals surface area contributed by atoms with Gasteiger partial charge in [-0.3, -0.25) is 0 Å². The average molecular weight is 494 g/mol. The van der Waals surface area contributed by atoms with Crippen LogP contribution in [0.2, 0.25) is 10.0 Å². The first-order chi connectivity index (χ1) is 14.0. The number of phenolic OH excluding ortho intramolecular Hbond substituents is 1. The molecule has 2 aromatic carbocycles. The SMILES string of the molecule is O=C(Nc1ccccc1Cl)Nc1ccc(Cl)c(S(=O)(=O)N2CCS(=O)(=O)CC2)c1O. The van der Waals surface area contributed by atoms with E-state index in [2.05, 4.69) is 10.6 Å². The molecule has 0 saturated carbocycles. The number of benzene rings is 2. The minimum atomic E-state index is -4.30. The van der Waals surface area contributed by atoms with Gasteiger partial charge in [-0.15, -0.1) is 0 Å². The summed E-state index contributed by atoms with van der Waals surface area (Å²) in [7, 11) is -7.62. The quantitative estimate of drug-likeness (QED) is 0.560. The lowest BCUT2D eigenvalue weighted by molar-refractivity contribution is 0.262. The number of hydrogen-bond donors (Lipinski definition) is 3. The number of carbonyl (C=O) groups is 1. The number of aromatic hydroxyl groups is 1. The van der Waals surface area contributed by atoms with E-state index in [1.807, 2.05) is 0 Å². The normalized spacial score (nSPS) is 16.7. The first-order valence-electron chi connectivity index (χ1n) is 8.56. The molecule has 0 radical (unpaired) electrons. The topological polar surface area (TPSA) is 133 Å². The van der Waals surface area contributed by atoms with Crippen LogP contribution in [0.25, 0.3) is 0 Å². The summed E-state index contributed by atoms with van der Waals surface area (Å²) >= 11 is 12.0. The largest absolute Gasteiger partial charge is 0.504 e. The number of halogens is 2. The van der Waals surface area contributed by atoms with Gasteiger partial charge in [0.2, 0.25) is 10.0 Å². The molecule has 1 aliphatic rings. The molecule has 13 heteroatoms. The number of nitrogens with zero attached hydrogens (tertiary/aromatic N) is 1. The maximum absolute atomic E-state index is 13.0. The zero-order valence-electron chi connectivity index (χ0n) is 15.3. The molecule has 0 aromatic heterocycles. The molecule has 3 N–H and O–H groups in total. The van der Waals surface area contributed by atoms with Crippen LogP contribution < -0.4 is 10.6 Å². The first-order valence-corrected chi connectivity index (χ1v) is 12.6. The van der Waals surface area contributed by atoms with Gasteiger partial charge in [-0.2, -0.15) is 4.31 Å². The van der Waals surface area contributed by atoms with E-state index < -0.39 is 36.5 Å². The molecule has 1 heterocycles. The lowest BCUT2D eigenvalue weighted by atomic mass is 10.3. The van der Waals surface area contributed by atoms with Crippen LogP contribution in [0, 0.1) is 0 Å². The summed E-state index contributed by atoms with van der Waals surface area (Å²) in [6, 6.07) is 8.14. The van der Waals surface area contributed by atoms with Gasteiger partial charge in [0.05, 0.1) is 32.9 Å². The minimum Gasteiger partial charge on any atom is -0.504 e. The maximum atomic E-state index is 13.0.